The Kier molecular flexibility index (Phi) is 5.78. The molecular formula is C21H19ClN4O3S. The van der Waals surface area contributed by atoms with Crippen LogP contribution in [0.1, 0.15) is 25.1 Å². The van der Waals surface area contributed by atoms with Crippen molar-refractivity contribution in [2.45, 2.75) is 24.7 Å². The zero-order valence-electron chi connectivity index (χ0n) is 16.6. The van der Waals surface area contributed by atoms with Gasteiger partial charge < -0.3 is 9.47 Å². The van der Waals surface area contributed by atoms with Crippen LogP contribution in [0.5, 0.6) is 11.6 Å². The minimum Gasteiger partial charge on any atom is -0.496 e. The van der Waals surface area contributed by atoms with Crippen molar-refractivity contribution in [2.75, 3.05) is 18.3 Å². The van der Waals surface area contributed by atoms with Crippen molar-refractivity contribution >= 4 is 35.0 Å². The van der Waals surface area contributed by atoms with Crippen LogP contribution in [0.25, 0.3) is 11.3 Å². The van der Waals surface area contributed by atoms with Gasteiger partial charge in [0.15, 0.2) is 5.69 Å². The highest BCUT2D eigenvalue weighted by molar-refractivity contribution is 7.98. The smallest absolute Gasteiger partial charge is 0.247 e. The third-order valence-corrected chi connectivity index (χ3v) is 5.50. The van der Waals surface area contributed by atoms with E-state index in [0.29, 0.717) is 38.4 Å². The summed E-state index contributed by atoms with van der Waals surface area (Å²) in [5.41, 5.74) is 2.37. The minimum absolute atomic E-state index is 0.125. The zero-order valence-corrected chi connectivity index (χ0v) is 18.2. The highest BCUT2D eigenvalue weighted by Gasteiger charge is 2.36. The molecule has 154 valence electrons. The average Bonchev–Trinajstić information content (AvgIpc) is 2.92. The fourth-order valence-electron chi connectivity index (χ4n) is 3.34. The van der Waals surface area contributed by atoms with Gasteiger partial charge in [-0.2, -0.15) is 4.98 Å². The van der Waals surface area contributed by atoms with Gasteiger partial charge in [-0.25, -0.2) is 0 Å². The number of thioether (sulfide) groups is 1. The predicted molar refractivity (Wildman–Crippen MR) is 116 cm³/mol. The number of methoxy groups -OCH3 is 1. The van der Waals surface area contributed by atoms with Crippen molar-refractivity contribution in [2.24, 2.45) is 0 Å². The lowest BCUT2D eigenvalue weighted by Gasteiger charge is -2.31. The molecule has 1 amide bonds. The number of fused-ring (bicyclic) bond motifs is 3. The number of para-hydroxylation sites is 1. The van der Waals surface area contributed by atoms with E-state index < -0.39 is 6.23 Å². The van der Waals surface area contributed by atoms with Crippen LogP contribution in [0.3, 0.4) is 0 Å². The molecule has 1 aromatic heterocycles. The molecule has 1 aliphatic rings. The quantitative estimate of drug-likeness (QED) is 0.539. The Morgan fingerprint density at radius 2 is 2.07 bits per heavy atom. The summed E-state index contributed by atoms with van der Waals surface area (Å²) in [5, 5.41) is 9.46. The summed E-state index contributed by atoms with van der Waals surface area (Å²) in [6.07, 6.45) is 1.33. The maximum atomic E-state index is 13.1. The van der Waals surface area contributed by atoms with Crippen molar-refractivity contribution in [3.63, 3.8) is 0 Å². The second-order valence-corrected chi connectivity index (χ2v) is 7.65. The summed E-state index contributed by atoms with van der Waals surface area (Å²) >= 11 is 7.63. The highest BCUT2D eigenvalue weighted by atomic mass is 35.5. The zero-order chi connectivity index (χ0) is 21.3. The van der Waals surface area contributed by atoms with E-state index in [2.05, 4.69) is 15.2 Å². The number of carbonyl (C=O) groups is 1. The number of nitrogens with zero attached hydrogens (tertiary/aromatic N) is 4. The first kappa shape index (κ1) is 20.4. The van der Waals surface area contributed by atoms with Crippen LogP contribution in [0.4, 0.5) is 5.69 Å². The normalized spacial score (nSPS) is 14.9. The molecule has 2 heterocycles. The number of rotatable bonds is 4. The predicted octanol–water partition coefficient (Wildman–Crippen LogP) is 4.76. The third kappa shape index (κ3) is 3.57. The molecule has 30 heavy (non-hydrogen) atoms. The van der Waals surface area contributed by atoms with E-state index in [9.17, 15) is 4.79 Å². The summed E-state index contributed by atoms with van der Waals surface area (Å²) in [6.45, 7) is 1.80. The van der Waals surface area contributed by atoms with E-state index in [1.165, 1.54) is 11.8 Å². The molecule has 0 fully saturated rings. The molecule has 1 atom stereocenters. The Morgan fingerprint density at radius 1 is 1.27 bits per heavy atom. The number of ether oxygens (including phenoxy) is 2. The van der Waals surface area contributed by atoms with Crippen LogP contribution in [0.15, 0.2) is 47.6 Å². The Balaban J connectivity index is 2.02. The van der Waals surface area contributed by atoms with E-state index in [-0.39, 0.29) is 18.2 Å². The molecule has 0 saturated carbocycles. The van der Waals surface area contributed by atoms with E-state index in [4.69, 9.17) is 21.1 Å². The lowest BCUT2D eigenvalue weighted by molar-refractivity contribution is -0.120. The number of hydrogen-bond donors (Lipinski definition) is 0. The number of halogens is 1. The molecule has 0 saturated heterocycles. The maximum Gasteiger partial charge on any atom is 0.247 e. The standard InChI is InChI=1S/C21H19ClN4O3S/c1-4-17(27)26-15-10-9-12(22)11-14(15)18-19(23-21(30-3)25-24-18)29-20(26)13-7-5-6-8-16(13)28-2/h5-11,20H,4H2,1-3H3/t20-/m0/s1. The first-order chi connectivity index (χ1) is 14.6. The number of carbonyl (C=O) groups excluding carboxylic acids is 1. The van der Waals surface area contributed by atoms with Crippen LogP contribution in [0.2, 0.25) is 5.02 Å². The second-order valence-electron chi connectivity index (χ2n) is 6.44. The summed E-state index contributed by atoms with van der Waals surface area (Å²) in [6, 6.07) is 12.7. The van der Waals surface area contributed by atoms with Crippen LogP contribution >= 0.6 is 23.4 Å². The molecule has 0 spiro atoms. The summed E-state index contributed by atoms with van der Waals surface area (Å²) in [5.74, 6) is 0.753. The molecule has 0 unspecified atom stereocenters. The molecule has 0 N–H and O–H groups in total. The van der Waals surface area contributed by atoms with Gasteiger partial charge in [0.1, 0.15) is 5.75 Å². The van der Waals surface area contributed by atoms with E-state index in [1.54, 1.807) is 37.1 Å². The van der Waals surface area contributed by atoms with Crippen molar-refractivity contribution in [1.82, 2.24) is 15.2 Å². The van der Waals surface area contributed by atoms with Crippen LogP contribution < -0.4 is 14.4 Å². The maximum absolute atomic E-state index is 13.1. The van der Waals surface area contributed by atoms with E-state index in [1.807, 2.05) is 30.5 Å². The third-order valence-electron chi connectivity index (χ3n) is 4.73. The number of hydrogen-bond acceptors (Lipinski definition) is 7. The fourth-order valence-corrected chi connectivity index (χ4v) is 3.81. The van der Waals surface area contributed by atoms with Gasteiger partial charge in [-0.1, -0.05) is 42.4 Å². The second kappa shape index (κ2) is 8.49. The lowest BCUT2D eigenvalue weighted by atomic mass is 10.1. The Morgan fingerprint density at radius 3 is 2.80 bits per heavy atom. The van der Waals surface area contributed by atoms with Gasteiger partial charge in [-0.05, 0) is 36.6 Å². The van der Waals surface area contributed by atoms with Gasteiger partial charge in [-0.15, -0.1) is 10.2 Å². The van der Waals surface area contributed by atoms with Crippen LogP contribution in [-0.2, 0) is 4.79 Å². The van der Waals surface area contributed by atoms with E-state index >= 15 is 0 Å². The largest absolute Gasteiger partial charge is 0.496 e. The Hall–Kier alpha value is -2.84. The highest BCUT2D eigenvalue weighted by Crippen LogP contribution is 2.45. The molecule has 3 aromatic rings. The number of benzene rings is 2. The van der Waals surface area contributed by atoms with Gasteiger partial charge in [0.25, 0.3) is 0 Å². The van der Waals surface area contributed by atoms with Crippen molar-refractivity contribution in [3.05, 3.63) is 53.1 Å². The molecule has 1 aliphatic heterocycles. The number of anilines is 1. The number of amides is 1. The molecule has 0 aliphatic carbocycles. The van der Waals surface area contributed by atoms with Gasteiger partial charge in [0.05, 0.1) is 18.4 Å². The van der Waals surface area contributed by atoms with Gasteiger partial charge in [-0.3, -0.25) is 9.69 Å². The molecule has 7 nitrogen and oxygen atoms in total. The first-order valence-electron chi connectivity index (χ1n) is 9.27. The summed E-state index contributed by atoms with van der Waals surface area (Å²) in [7, 11) is 1.58. The lowest BCUT2D eigenvalue weighted by Crippen LogP contribution is -2.37. The monoisotopic (exact) mass is 442 g/mol. The van der Waals surface area contributed by atoms with Crippen LogP contribution in [0, 0.1) is 0 Å². The molecule has 0 bridgehead atoms. The van der Waals surface area contributed by atoms with Gasteiger partial charge >= 0.3 is 0 Å². The minimum atomic E-state index is -0.804. The SMILES string of the molecule is CCC(=O)N1c2ccc(Cl)cc2-c2nnc(SC)nc2O[C@H]1c1ccccc1OC. The summed E-state index contributed by atoms with van der Waals surface area (Å²) in [4.78, 5) is 19.3. The molecule has 4 rings (SSSR count). The van der Waals surface area contributed by atoms with Crippen LogP contribution in [-0.4, -0.2) is 34.5 Å². The molecule has 9 heteroatoms. The number of aromatic nitrogens is 3. The average molecular weight is 443 g/mol. The fraction of sp³-hybridized carbons (Fsp3) is 0.238. The Labute approximate surface area is 183 Å². The van der Waals surface area contributed by atoms with Gasteiger partial charge in [0, 0.05) is 17.0 Å². The van der Waals surface area contributed by atoms with Crippen molar-refractivity contribution in [1.29, 1.82) is 0 Å². The van der Waals surface area contributed by atoms with Crippen molar-refractivity contribution in [3.8, 4) is 22.9 Å². The Bertz CT molecular complexity index is 1110. The van der Waals surface area contributed by atoms with Gasteiger partial charge in [0.2, 0.25) is 23.2 Å². The van der Waals surface area contributed by atoms with Crippen molar-refractivity contribution < 1.29 is 14.3 Å². The topological polar surface area (TPSA) is 77.4 Å². The summed E-state index contributed by atoms with van der Waals surface area (Å²) < 4.78 is 11.9. The molecule has 0 radical (unpaired) electrons. The first-order valence-corrected chi connectivity index (χ1v) is 10.9. The van der Waals surface area contributed by atoms with E-state index in [0.717, 1.165) is 0 Å². The molecular weight excluding hydrogens is 424 g/mol. The molecule has 2 aromatic carbocycles.